The Morgan fingerprint density at radius 3 is 2.50 bits per heavy atom. The van der Waals surface area contributed by atoms with E-state index in [-0.39, 0.29) is 0 Å². The van der Waals surface area contributed by atoms with Crippen molar-refractivity contribution in [3.05, 3.63) is 55.6 Å². The summed E-state index contributed by atoms with van der Waals surface area (Å²) in [5, 5.41) is 1.21. The van der Waals surface area contributed by atoms with Crippen molar-refractivity contribution in [1.29, 1.82) is 0 Å². The summed E-state index contributed by atoms with van der Waals surface area (Å²) in [6.45, 7) is 2.09. The predicted molar refractivity (Wildman–Crippen MR) is 79.4 cm³/mol. The van der Waals surface area contributed by atoms with E-state index in [1.54, 1.807) is 6.07 Å². The van der Waals surface area contributed by atoms with E-state index in [9.17, 15) is 0 Å². The molecule has 2 rings (SSSR count). The molecule has 0 aliphatic heterocycles. The fourth-order valence-corrected chi connectivity index (χ4v) is 2.28. The topological polar surface area (TPSA) is 0 Å². The van der Waals surface area contributed by atoms with Crippen LogP contribution in [0.2, 0.25) is 10.0 Å². The van der Waals surface area contributed by atoms with E-state index in [0.29, 0.717) is 10.0 Å². The highest BCUT2D eigenvalue weighted by atomic mass is 127. The van der Waals surface area contributed by atoms with E-state index < -0.39 is 0 Å². The van der Waals surface area contributed by atoms with Gasteiger partial charge in [-0.3, -0.25) is 0 Å². The molecule has 0 bridgehead atoms. The Balaban J connectivity index is 2.59. The van der Waals surface area contributed by atoms with Crippen molar-refractivity contribution in [2.75, 3.05) is 0 Å². The standard InChI is InChI=1S/C13H9Cl2I/c1-8-7-9(5-6-12(8)16)10-3-2-4-11(14)13(10)15/h2-7H,1H3. The number of halogens is 3. The Hall–Kier alpha value is -0.250. The van der Waals surface area contributed by atoms with Gasteiger partial charge in [0.25, 0.3) is 0 Å². The van der Waals surface area contributed by atoms with E-state index >= 15 is 0 Å². The quantitative estimate of drug-likeness (QED) is 0.581. The molecule has 0 aliphatic rings. The van der Waals surface area contributed by atoms with Crippen LogP contribution in [0.3, 0.4) is 0 Å². The van der Waals surface area contributed by atoms with Gasteiger partial charge in [0.05, 0.1) is 10.0 Å². The maximum Gasteiger partial charge on any atom is 0.0670 e. The van der Waals surface area contributed by atoms with Crippen molar-refractivity contribution in [2.45, 2.75) is 6.92 Å². The highest BCUT2D eigenvalue weighted by molar-refractivity contribution is 14.1. The molecule has 0 saturated carbocycles. The highest BCUT2D eigenvalue weighted by Crippen LogP contribution is 2.34. The molecule has 0 unspecified atom stereocenters. The second kappa shape index (κ2) is 4.94. The largest absolute Gasteiger partial charge is 0.0827 e. The normalized spacial score (nSPS) is 10.5. The summed E-state index contributed by atoms with van der Waals surface area (Å²) in [6.07, 6.45) is 0. The third kappa shape index (κ3) is 2.36. The summed E-state index contributed by atoms with van der Waals surface area (Å²) in [5.74, 6) is 0. The lowest BCUT2D eigenvalue weighted by atomic mass is 10.0. The van der Waals surface area contributed by atoms with Crippen LogP contribution in [0, 0.1) is 10.5 Å². The van der Waals surface area contributed by atoms with Crippen molar-refractivity contribution in [1.82, 2.24) is 0 Å². The Bertz CT molecular complexity index is 535. The average molecular weight is 363 g/mol. The molecule has 82 valence electrons. The molecule has 0 aromatic heterocycles. The van der Waals surface area contributed by atoms with Gasteiger partial charge in [-0.1, -0.05) is 47.5 Å². The minimum absolute atomic E-state index is 0.593. The zero-order valence-corrected chi connectivity index (χ0v) is 12.3. The van der Waals surface area contributed by atoms with Gasteiger partial charge in [0.2, 0.25) is 0 Å². The number of benzene rings is 2. The van der Waals surface area contributed by atoms with E-state index in [1.807, 2.05) is 12.1 Å². The van der Waals surface area contributed by atoms with Gasteiger partial charge in [-0.2, -0.15) is 0 Å². The third-order valence-electron chi connectivity index (χ3n) is 2.42. The van der Waals surface area contributed by atoms with Crippen LogP contribution in [0.25, 0.3) is 11.1 Å². The van der Waals surface area contributed by atoms with E-state index in [2.05, 4.69) is 47.7 Å². The molecule has 0 radical (unpaired) electrons. The molecular formula is C13H9Cl2I. The smallest absolute Gasteiger partial charge is 0.0670 e. The highest BCUT2D eigenvalue weighted by Gasteiger charge is 2.07. The van der Waals surface area contributed by atoms with Crippen LogP contribution in [0.1, 0.15) is 5.56 Å². The van der Waals surface area contributed by atoms with Crippen molar-refractivity contribution >= 4 is 45.8 Å². The molecule has 0 amide bonds. The fraction of sp³-hybridized carbons (Fsp3) is 0.0769. The minimum Gasteiger partial charge on any atom is -0.0827 e. The molecule has 3 heteroatoms. The van der Waals surface area contributed by atoms with Crippen LogP contribution in [-0.4, -0.2) is 0 Å². The number of rotatable bonds is 1. The summed E-state index contributed by atoms with van der Waals surface area (Å²) >= 11 is 14.5. The Kier molecular flexibility index (Phi) is 3.77. The molecular weight excluding hydrogens is 354 g/mol. The number of hydrogen-bond acceptors (Lipinski definition) is 0. The van der Waals surface area contributed by atoms with Gasteiger partial charge in [-0.05, 0) is 52.8 Å². The van der Waals surface area contributed by atoms with Crippen LogP contribution in [0.4, 0.5) is 0 Å². The van der Waals surface area contributed by atoms with Crippen LogP contribution >= 0.6 is 45.8 Å². The monoisotopic (exact) mass is 362 g/mol. The first-order valence-corrected chi connectivity index (χ1v) is 6.63. The van der Waals surface area contributed by atoms with Crippen LogP contribution < -0.4 is 0 Å². The second-order valence-electron chi connectivity index (χ2n) is 3.57. The number of hydrogen-bond donors (Lipinski definition) is 0. The van der Waals surface area contributed by atoms with Crippen LogP contribution in [0.5, 0.6) is 0 Å². The fourth-order valence-electron chi connectivity index (χ4n) is 1.54. The van der Waals surface area contributed by atoms with Gasteiger partial charge >= 0.3 is 0 Å². The Morgan fingerprint density at radius 1 is 1.06 bits per heavy atom. The maximum absolute atomic E-state index is 6.19. The van der Waals surface area contributed by atoms with E-state index in [1.165, 1.54) is 9.13 Å². The van der Waals surface area contributed by atoms with Gasteiger partial charge in [0.15, 0.2) is 0 Å². The van der Waals surface area contributed by atoms with Crippen molar-refractivity contribution in [3.8, 4) is 11.1 Å². The van der Waals surface area contributed by atoms with E-state index in [0.717, 1.165) is 11.1 Å². The molecule has 0 fully saturated rings. The lowest BCUT2D eigenvalue weighted by molar-refractivity contribution is 1.42. The van der Waals surface area contributed by atoms with Crippen LogP contribution in [-0.2, 0) is 0 Å². The summed E-state index contributed by atoms with van der Waals surface area (Å²) in [6, 6.07) is 12.0. The first-order valence-electron chi connectivity index (χ1n) is 4.80. The third-order valence-corrected chi connectivity index (χ3v) is 4.45. The minimum atomic E-state index is 0.593. The first kappa shape index (κ1) is 12.2. The number of aryl methyl sites for hydroxylation is 1. The lowest BCUT2D eigenvalue weighted by Crippen LogP contribution is -1.84. The molecule has 0 heterocycles. The summed E-state index contributed by atoms with van der Waals surface area (Å²) in [4.78, 5) is 0. The Labute approximate surface area is 119 Å². The van der Waals surface area contributed by atoms with Gasteiger partial charge in [-0.25, -0.2) is 0 Å². The molecule has 2 aromatic carbocycles. The molecule has 0 saturated heterocycles. The van der Waals surface area contributed by atoms with Gasteiger partial charge in [0.1, 0.15) is 0 Å². The van der Waals surface area contributed by atoms with Crippen molar-refractivity contribution in [2.24, 2.45) is 0 Å². The van der Waals surface area contributed by atoms with Gasteiger partial charge in [-0.15, -0.1) is 0 Å². The SMILES string of the molecule is Cc1cc(-c2cccc(Cl)c2Cl)ccc1I. The van der Waals surface area contributed by atoms with Gasteiger partial charge in [0, 0.05) is 9.13 Å². The van der Waals surface area contributed by atoms with Gasteiger partial charge < -0.3 is 0 Å². The molecule has 2 aromatic rings. The molecule has 0 aliphatic carbocycles. The van der Waals surface area contributed by atoms with Crippen molar-refractivity contribution < 1.29 is 0 Å². The molecule has 0 spiro atoms. The molecule has 0 nitrogen and oxygen atoms in total. The summed E-state index contributed by atoms with van der Waals surface area (Å²) in [5.41, 5.74) is 3.33. The first-order chi connectivity index (χ1) is 7.59. The predicted octanol–water partition coefficient (Wildman–Crippen LogP) is 5.57. The molecule has 0 atom stereocenters. The summed E-state index contributed by atoms with van der Waals surface area (Å²) < 4.78 is 1.25. The van der Waals surface area contributed by atoms with Crippen LogP contribution in [0.15, 0.2) is 36.4 Å². The maximum atomic E-state index is 6.19. The second-order valence-corrected chi connectivity index (χ2v) is 5.51. The Morgan fingerprint density at radius 2 is 1.81 bits per heavy atom. The zero-order valence-electron chi connectivity index (χ0n) is 8.60. The van der Waals surface area contributed by atoms with E-state index in [4.69, 9.17) is 23.2 Å². The molecule has 16 heavy (non-hydrogen) atoms. The lowest BCUT2D eigenvalue weighted by Gasteiger charge is -2.07. The molecule has 0 N–H and O–H groups in total. The van der Waals surface area contributed by atoms with Crippen molar-refractivity contribution in [3.63, 3.8) is 0 Å². The zero-order chi connectivity index (χ0) is 11.7. The average Bonchev–Trinajstić information content (AvgIpc) is 2.26. The summed E-state index contributed by atoms with van der Waals surface area (Å²) in [7, 11) is 0.